The number of nitrogens with zero attached hydrogens (tertiary/aromatic N) is 2. The average molecular weight is 441 g/mol. The second-order valence-corrected chi connectivity index (χ2v) is 8.31. The third kappa shape index (κ3) is 4.11. The molecule has 0 spiro atoms. The number of aryl methyl sites for hydroxylation is 1. The Morgan fingerprint density at radius 3 is 2.63 bits per heavy atom. The van der Waals surface area contributed by atoms with Gasteiger partial charge in [0, 0.05) is 29.2 Å². The molecule has 5 nitrogen and oxygen atoms in total. The number of thioether (sulfide) groups is 1. The molecule has 1 aromatic heterocycles. The molecule has 0 radical (unpaired) electrons. The first-order valence-corrected chi connectivity index (χ1v) is 11.0. The zero-order valence-corrected chi connectivity index (χ0v) is 18.1. The van der Waals surface area contributed by atoms with E-state index in [1.807, 2.05) is 42.6 Å². The minimum absolute atomic E-state index is 0.171. The quantitative estimate of drug-likeness (QED) is 0.434. The molecule has 0 saturated carbocycles. The van der Waals surface area contributed by atoms with Crippen LogP contribution in [0.5, 0.6) is 5.75 Å². The summed E-state index contributed by atoms with van der Waals surface area (Å²) in [6.45, 7) is 3.38. The molecular formula is C23H21ClN2O3S. The third-order valence-electron chi connectivity index (χ3n) is 4.85. The molecule has 0 atom stereocenters. The molecule has 3 aromatic rings. The zero-order valence-electron chi connectivity index (χ0n) is 16.5. The molecule has 1 fully saturated rings. The largest absolute Gasteiger partial charge is 0.490 e. The first kappa shape index (κ1) is 20.6. The molecule has 0 aliphatic carbocycles. The van der Waals surface area contributed by atoms with Crippen LogP contribution in [0.1, 0.15) is 18.9 Å². The van der Waals surface area contributed by atoms with Crippen LogP contribution in [-0.2, 0) is 11.3 Å². The molecule has 2 heterocycles. The van der Waals surface area contributed by atoms with Gasteiger partial charge in [0.15, 0.2) is 0 Å². The van der Waals surface area contributed by atoms with Crippen molar-refractivity contribution >= 4 is 51.5 Å². The van der Waals surface area contributed by atoms with Crippen molar-refractivity contribution in [2.45, 2.75) is 19.9 Å². The van der Waals surface area contributed by atoms with Crippen molar-refractivity contribution in [1.82, 2.24) is 9.47 Å². The smallest absolute Gasteiger partial charge is 0.293 e. The Kier molecular flexibility index (Phi) is 6.16. The van der Waals surface area contributed by atoms with Crippen LogP contribution in [0, 0.1) is 0 Å². The summed E-state index contributed by atoms with van der Waals surface area (Å²) in [5.41, 5.74) is 2.06. The van der Waals surface area contributed by atoms with Crippen molar-refractivity contribution in [3.05, 3.63) is 70.2 Å². The summed E-state index contributed by atoms with van der Waals surface area (Å²) in [4.78, 5) is 26.9. The van der Waals surface area contributed by atoms with E-state index < -0.39 is 0 Å². The minimum Gasteiger partial charge on any atom is -0.490 e. The zero-order chi connectivity index (χ0) is 21.1. The van der Waals surface area contributed by atoms with Crippen LogP contribution in [0.25, 0.3) is 17.0 Å². The van der Waals surface area contributed by atoms with E-state index in [1.165, 1.54) is 4.90 Å². The van der Waals surface area contributed by atoms with Gasteiger partial charge in [-0.05, 0) is 42.5 Å². The maximum atomic E-state index is 12.8. The van der Waals surface area contributed by atoms with Crippen molar-refractivity contribution in [2.24, 2.45) is 0 Å². The maximum absolute atomic E-state index is 12.8. The number of fused-ring (bicyclic) bond motifs is 1. The van der Waals surface area contributed by atoms with Gasteiger partial charge in [-0.2, -0.15) is 0 Å². The van der Waals surface area contributed by atoms with E-state index in [2.05, 4.69) is 17.6 Å². The van der Waals surface area contributed by atoms with Gasteiger partial charge in [-0.3, -0.25) is 14.5 Å². The Balaban J connectivity index is 1.51. The number of ether oxygens (including phenoxy) is 1. The first-order chi connectivity index (χ1) is 14.6. The SMILES string of the molecule is CCCn1cc(/C=C2\SC(=O)N(CCOc3ccccc3Cl)C2=O)c2ccccc21. The summed E-state index contributed by atoms with van der Waals surface area (Å²) in [7, 11) is 0. The summed E-state index contributed by atoms with van der Waals surface area (Å²) >= 11 is 7.04. The fraction of sp³-hybridized carbons (Fsp3) is 0.217. The molecule has 0 unspecified atom stereocenters. The lowest BCUT2D eigenvalue weighted by molar-refractivity contribution is -0.123. The molecule has 2 amide bonds. The molecule has 30 heavy (non-hydrogen) atoms. The van der Waals surface area contributed by atoms with Gasteiger partial charge in [0.2, 0.25) is 0 Å². The van der Waals surface area contributed by atoms with Crippen LogP contribution in [0.2, 0.25) is 5.02 Å². The van der Waals surface area contributed by atoms with Gasteiger partial charge in [-0.1, -0.05) is 48.9 Å². The van der Waals surface area contributed by atoms with E-state index >= 15 is 0 Å². The predicted molar refractivity (Wildman–Crippen MR) is 122 cm³/mol. The van der Waals surface area contributed by atoms with Crippen LogP contribution in [0.15, 0.2) is 59.6 Å². The summed E-state index contributed by atoms with van der Waals surface area (Å²) in [5.74, 6) is 0.241. The van der Waals surface area contributed by atoms with E-state index in [4.69, 9.17) is 16.3 Å². The lowest BCUT2D eigenvalue weighted by Gasteiger charge is -2.13. The van der Waals surface area contributed by atoms with E-state index in [-0.39, 0.29) is 24.3 Å². The van der Waals surface area contributed by atoms with Crippen LogP contribution in [0.3, 0.4) is 0 Å². The number of benzene rings is 2. The van der Waals surface area contributed by atoms with Crippen molar-refractivity contribution in [3.63, 3.8) is 0 Å². The van der Waals surface area contributed by atoms with Crippen LogP contribution >= 0.6 is 23.4 Å². The first-order valence-electron chi connectivity index (χ1n) is 9.79. The fourth-order valence-electron chi connectivity index (χ4n) is 3.46. The Morgan fingerprint density at radius 2 is 1.83 bits per heavy atom. The molecular weight excluding hydrogens is 420 g/mol. The number of hydrogen-bond donors (Lipinski definition) is 0. The Hall–Kier alpha value is -2.70. The number of carbonyl (C=O) groups is 2. The predicted octanol–water partition coefficient (Wildman–Crippen LogP) is 5.82. The van der Waals surface area contributed by atoms with Gasteiger partial charge >= 0.3 is 0 Å². The molecule has 0 bridgehead atoms. The molecule has 1 aliphatic rings. The van der Waals surface area contributed by atoms with Crippen molar-refractivity contribution in [1.29, 1.82) is 0 Å². The van der Waals surface area contributed by atoms with Crippen molar-refractivity contribution in [3.8, 4) is 5.75 Å². The summed E-state index contributed by atoms with van der Waals surface area (Å²) in [6, 6.07) is 15.2. The van der Waals surface area contributed by atoms with E-state index in [9.17, 15) is 9.59 Å². The van der Waals surface area contributed by atoms with Crippen LogP contribution in [-0.4, -0.2) is 33.8 Å². The molecule has 1 saturated heterocycles. The number of hydrogen-bond acceptors (Lipinski definition) is 4. The summed E-state index contributed by atoms with van der Waals surface area (Å²) < 4.78 is 7.81. The van der Waals surface area contributed by atoms with Gasteiger partial charge in [-0.25, -0.2) is 0 Å². The summed E-state index contributed by atoms with van der Waals surface area (Å²) in [6.07, 6.45) is 4.87. The second-order valence-electron chi connectivity index (χ2n) is 6.91. The van der Waals surface area contributed by atoms with E-state index in [0.29, 0.717) is 15.7 Å². The topological polar surface area (TPSA) is 51.5 Å². The average Bonchev–Trinajstić information content (AvgIpc) is 3.22. The van der Waals surface area contributed by atoms with Crippen LogP contribution < -0.4 is 4.74 Å². The highest BCUT2D eigenvalue weighted by Crippen LogP contribution is 2.34. The highest BCUT2D eigenvalue weighted by Gasteiger charge is 2.35. The number of rotatable bonds is 7. The Labute approximate surface area is 184 Å². The van der Waals surface area contributed by atoms with Crippen LogP contribution in [0.4, 0.5) is 4.79 Å². The number of imide groups is 1. The van der Waals surface area contributed by atoms with Crippen molar-refractivity contribution in [2.75, 3.05) is 13.2 Å². The molecule has 7 heteroatoms. The standard InChI is InChI=1S/C23H21ClN2O3S/c1-2-11-25-15-16(17-7-3-5-9-19(17)25)14-21-22(27)26(23(28)30-21)12-13-29-20-10-6-4-8-18(20)24/h3-10,14-15H,2,11-13H2,1H3/b21-14-. The number of halogens is 1. The molecule has 1 aliphatic heterocycles. The van der Waals surface area contributed by atoms with Gasteiger partial charge in [-0.15, -0.1) is 0 Å². The Bertz CT molecular complexity index is 1140. The van der Waals surface area contributed by atoms with Gasteiger partial charge in [0.25, 0.3) is 11.1 Å². The summed E-state index contributed by atoms with van der Waals surface area (Å²) in [5, 5.41) is 1.28. The lowest BCUT2D eigenvalue weighted by Crippen LogP contribution is -2.32. The number of para-hydroxylation sites is 2. The minimum atomic E-state index is -0.292. The van der Waals surface area contributed by atoms with E-state index in [1.54, 1.807) is 12.1 Å². The van der Waals surface area contributed by atoms with Crippen molar-refractivity contribution < 1.29 is 14.3 Å². The fourth-order valence-corrected chi connectivity index (χ4v) is 4.50. The number of aromatic nitrogens is 1. The molecule has 154 valence electrons. The lowest BCUT2D eigenvalue weighted by atomic mass is 10.1. The number of amides is 2. The highest BCUT2D eigenvalue weighted by atomic mass is 35.5. The monoisotopic (exact) mass is 440 g/mol. The highest BCUT2D eigenvalue weighted by molar-refractivity contribution is 8.18. The second kappa shape index (κ2) is 8.98. The maximum Gasteiger partial charge on any atom is 0.293 e. The van der Waals surface area contributed by atoms with E-state index in [0.717, 1.165) is 41.2 Å². The Morgan fingerprint density at radius 1 is 1.07 bits per heavy atom. The number of carbonyl (C=O) groups excluding carboxylic acids is 2. The van der Waals surface area contributed by atoms with Gasteiger partial charge in [0.05, 0.1) is 16.5 Å². The van der Waals surface area contributed by atoms with Gasteiger partial charge < -0.3 is 9.30 Å². The molecule has 2 aromatic carbocycles. The molecule has 4 rings (SSSR count). The molecule has 0 N–H and O–H groups in total. The third-order valence-corrected chi connectivity index (χ3v) is 6.07. The normalized spacial score (nSPS) is 15.5. The van der Waals surface area contributed by atoms with Gasteiger partial charge in [0.1, 0.15) is 12.4 Å².